The number of amides is 2. The zero-order valence-corrected chi connectivity index (χ0v) is 12.1. The van der Waals surface area contributed by atoms with E-state index >= 15 is 0 Å². The lowest BCUT2D eigenvalue weighted by molar-refractivity contribution is -0.126. The number of rotatable bonds is 2. The predicted octanol–water partition coefficient (Wildman–Crippen LogP) is 2.52. The lowest BCUT2D eigenvalue weighted by Gasteiger charge is -2.17. The van der Waals surface area contributed by atoms with Gasteiger partial charge in [-0.2, -0.15) is 0 Å². The molecule has 21 heavy (non-hydrogen) atoms. The molecule has 0 aromatic heterocycles. The zero-order chi connectivity index (χ0) is 15.2. The molecule has 0 bridgehead atoms. The summed E-state index contributed by atoms with van der Waals surface area (Å²) in [7, 11) is 0. The molecule has 2 amide bonds. The summed E-state index contributed by atoms with van der Waals surface area (Å²) in [6, 6.07) is 9.58. The fourth-order valence-corrected chi connectivity index (χ4v) is 2.13. The van der Waals surface area contributed by atoms with Gasteiger partial charge in [-0.1, -0.05) is 36.9 Å². The summed E-state index contributed by atoms with van der Waals surface area (Å²) in [4.78, 5) is 23.8. The number of imide groups is 1. The van der Waals surface area contributed by atoms with E-state index in [1.54, 1.807) is 0 Å². The number of benzene rings is 1. The molecule has 0 N–H and O–H groups in total. The van der Waals surface area contributed by atoms with E-state index in [0.29, 0.717) is 6.42 Å². The molecule has 2 aliphatic heterocycles. The number of cyclic esters (lactones) is 1. The average Bonchev–Trinajstić information content (AvgIpc) is 2.79. The standard InChI is InChI=1S/C12H13NO3.C4H6O/c1-9(14)13-11(8-16-12(13)15)7-10-5-3-2-4-6-10;1-4-2-3-5-4/h2-6,11H,7-8H2,1H3;1-3H2. The Morgan fingerprint density at radius 2 is 1.95 bits per heavy atom. The second kappa shape index (κ2) is 6.92. The van der Waals surface area contributed by atoms with Crippen molar-refractivity contribution in [2.75, 3.05) is 13.2 Å². The van der Waals surface area contributed by atoms with Crippen molar-refractivity contribution in [1.82, 2.24) is 4.90 Å². The number of hydrogen-bond acceptors (Lipinski definition) is 4. The molecule has 2 saturated heterocycles. The van der Waals surface area contributed by atoms with Crippen LogP contribution in [0.3, 0.4) is 0 Å². The molecule has 2 heterocycles. The minimum Gasteiger partial charge on any atom is -0.498 e. The Hall–Kier alpha value is -2.30. The third kappa shape index (κ3) is 4.08. The van der Waals surface area contributed by atoms with Crippen LogP contribution in [0.15, 0.2) is 42.7 Å². The maximum atomic E-state index is 11.3. The molecular formula is C16H19NO4. The SMILES string of the molecule is C=C1CCO1.CC(=O)N1C(=O)OCC1Cc1ccccc1. The maximum absolute atomic E-state index is 11.3. The summed E-state index contributed by atoms with van der Waals surface area (Å²) in [5.74, 6) is 0.674. The summed E-state index contributed by atoms with van der Waals surface area (Å²) in [6.45, 7) is 6.09. The molecule has 1 aromatic rings. The van der Waals surface area contributed by atoms with Gasteiger partial charge in [0, 0.05) is 13.3 Å². The minimum atomic E-state index is -0.534. The number of carbonyl (C=O) groups is 2. The van der Waals surface area contributed by atoms with E-state index in [-0.39, 0.29) is 18.6 Å². The Bertz CT molecular complexity index is 520. The summed E-state index contributed by atoms with van der Waals surface area (Å²) in [5.41, 5.74) is 1.09. The van der Waals surface area contributed by atoms with E-state index < -0.39 is 6.09 Å². The smallest absolute Gasteiger partial charge is 0.416 e. The van der Waals surface area contributed by atoms with Gasteiger partial charge in [0.1, 0.15) is 6.61 Å². The number of hydrogen-bond donors (Lipinski definition) is 0. The van der Waals surface area contributed by atoms with Crippen LogP contribution >= 0.6 is 0 Å². The Morgan fingerprint density at radius 1 is 1.33 bits per heavy atom. The summed E-state index contributed by atoms with van der Waals surface area (Å²) in [5, 5.41) is 0. The Labute approximate surface area is 124 Å². The van der Waals surface area contributed by atoms with Crippen molar-refractivity contribution in [3.05, 3.63) is 48.2 Å². The Balaban J connectivity index is 0.000000272. The highest BCUT2D eigenvalue weighted by Crippen LogP contribution is 2.17. The highest BCUT2D eigenvalue weighted by atomic mass is 16.6. The summed E-state index contributed by atoms with van der Waals surface area (Å²) in [6.07, 6.45) is 1.18. The van der Waals surface area contributed by atoms with E-state index in [0.717, 1.165) is 24.4 Å². The van der Waals surface area contributed by atoms with E-state index in [1.807, 2.05) is 30.3 Å². The third-order valence-electron chi connectivity index (χ3n) is 3.30. The van der Waals surface area contributed by atoms with Gasteiger partial charge >= 0.3 is 6.09 Å². The van der Waals surface area contributed by atoms with Gasteiger partial charge in [-0.3, -0.25) is 4.79 Å². The van der Waals surface area contributed by atoms with Crippen LogP contribution in [0, 0.1) is 0 Å². The summed E-state index contributed by atoms with van der Waals surface area (Å²) >= 11 is 0. The van der Waals surface area contributed by atoms with Gasteiger partial charge in [0.05, 0.1) is 18.4 Å². The lowest BCUT2D eigenvalue weighted by Crippen LogP contribution is -2.38. The molecule has 2 aliphatic rings. The average molecular weight is 289 g/mol. The molecule has 1 unspecified atom stereocenters. The van der Waals surface area contributed by atoms with Gasteiger partial charge in [-0.15, -0.1) is 0 Å². The first-order valence-corrected chi connectivity index (χ1v) is 6.89. The lowest BCUT2D eigenvalue weighted by atomic mass is 10.1. The van der Waals surface area contributed by atoms with Crippen LogP contribution < -0.4 is 0 Å². The highest BCUT2D eigenvalue weighted by Gasteiger charge is 2.35. The van der Waals surface area contributed by atoms with Gasteiger partial charge in [-0.25, -0.2) is 9.69 Å². The number of nitrogens with zero attached hydrogens (tertiary/aromatic N) is 1. The first kappa shape index (κ1) is 15.1. The molecule has 0 spiro atoms. The van der Waals surface area contributed by atoms with Crippen molar-refractivity contribution in [2.24, 2.45) is 0 Å². The fraction of sp³-hybridized carbons (Fsp3) is 0.375. The normalized spacial score (nSPS) is 19.9. The molecule has 2 fully saturated rings. The minimum absolute atomic E-state index is 0.174. The van der Waals surface area contributed by atoms with E-state index in [2.05, 4.69) is 6.58 Å². The monoisotopic (exact) mass is 289 g/mol. The zero-order valence-electron chi connectivity index (χ0n) is 12.1. The molecule has 3 rings (SSSR count). The van der Waals surface area contributed by atoms with E-state index in [9.17, 15) is 9.59 Å². The van der Waals surface area contributed by atoms with Gasteiger partial charge in [0.15, 0.2) is 0 Å². The van der Waals surface area contributed by atoms with Crippen molar-refractivity contribution in [2.45, 2.75) is 25.8 Å². The second-order valence-electron chi connectivity index (χ2n) is 4.95. The van der Waals surface area contributed by atoms with E-state index in [4.69, 9.17) is 9.47 Å². The van der Waals surface area contributed by atoms with Gasteiger partial charge in [0.25, 0.3) is 0 Å². The van der Waals surface area contributed by atoms with Gasteiger partial charge in [0.2, 0.25) is 5.91 Å². The van der Waals surface area contributed by atoms with Crippen molar-refractivity contribution in [3.63, 3.8) is 0 Å². The van der Waals surface area contributed by atoms with Crippen LogP contribution in [0.2, 0.25) is 0 Å². The molecule has 0 radical (unpaired) electrons. The Kier molecular flexibility index (Phi) is 4.98. The van der Waals surface area contributed by atoms with Crippen LogP contribution in [0.4, 0.5) is 4.79 Å². The predicted molar refractivity (Wildman–Crippen MR) is 77.5 cm³/mol. The van der Waals surface area contributed by atoms with Gasteiger partial charge < -0.3 is 9.47 Å². The molecule has 112 valence electrons. The molecule has 1 atom stereocenters. The van der Waals surface area contributed by atoms with E-state index in [1.165, 1.54) is 11.8 Å². The number of carbonyl (C=O) groups excluding carboxylic acids is 2. The van der Waals surface area contributed by atoms with Crippen molar-refractivity contribution in [1.29, 1.82) is 0 Å². The fourth-order valence-electron chi connectivity index (χ4n) is 2.13. The molecular weight excluding hydrogens is 270 g/mol. The van der Waals surface area contributed by atoms with Gasteiger partial charge in [-0.05, 0) is 12.0 Å². The van der Waals surface area contributed by atoms with Crippen LogP contribution in [-0.4, -0.2) is 36.2 Å². The first-order valence-electron chi connectivity index (χ1n) is 6.89. The van der Waals surface area contributed by atoms with Crippen molar-refractivity contribution < 1.29 is 19.1 Å². The van der Waals surface area contributed by atoms with Crippen molar-refractivity contribution in [3.8, 4) is 0 Å². The topological polar surface area (TPSA) is 55.8 Å². The van der Waals surface area contributed by atoms with Crippen LogP contribution in [0.25, 0.3) is 0 Å². The molecule has 0 saturated carbocycles. The first-order chi connectivity index (χ1) is 10.1. The summed E-state index contributed by atoms with van der Waals surface area (Å²) < 4.78 is 9.61. The molecule has 5 heteroatoms. The largest absolute Gasteiger partial charge is 0.498 e. The van der Waals surface area contributed by atoms with Crippen LogP contribution in [0.1, 0.15) is 18.9 Å². The van der Waals surface area contributed by atoms with Crippen molar-refractivity contribution >= 4 is 12.0 Å². The Morgan fingerprint density at radius 3 is 2.43 bits per heavy atom. The van der Waals surface area contributed by atoms with Crippen LogP contribution in [0.5, 0.6) is 0 Å². The molecule has 5 nitrogen and oxygen atoms in total. The maximum Gasteiger partial charge on any atom is 0.416 e. The van der Waals surface area contributed by atoms with Crippen LogP contribution in [-0.2, 0) is 20.7 Å². The highest BCUT2D eigenvalue weighted by molar-refractivity contribution is 5.92. The molecule has 0 aliphatic carbocycles. The third-order valence-corrected chi connectivity index (χ3v) is 3.30. The number of ether oxygens (including phenoxy) is 2. The second-order valence-corrected chi connectivity index (χ2v) is 4.95. The quantitative estimate of drug-likeness (QED) is 0.839. The molecule has 1 aromatic carbocycles.